The number of aliphatic carboxylic acids is 1. The molecule has 1 rings (SSSR count). The predicted molar refractivity (Wildman–Crippen MR) is 45.3 cm³/mol. The molecule has 1 atom stereocenters. The standard InChI is InChI=1S/C8H7FO3S/c9-6-2-1-3-7(4-6)13(12)5-8(10)11/h1-4H,5H2,(H,10,11). The van der Waals surface area contributed by atoms with E-state index in [1.165, 1.54) is 18.2 Å². The van der Waals surface area contributed by atoms with Crippen molar-refractivity contribution in [3.8, 4) is 0 Å². The van der Waals surface area contributed by atoms with E-state index in [1.54, 1.807) is 0 Å². The molecule has 1 aromatic carbocycles. The van der Waals surface area contributed by atoms with E-state index in [0.29, 0.717) is 0 Å². The summed E-state index contributed by atoms with van der Waals surface area (Å²) >= 11 is 0. The van der Waals surface area contributed by atoms with Gasteiger partial charge in [0.1, 0.15) is 11.6 Å². The molecule has 70 valence electrons. The summed E-state index contributed by atoms with van der Waals surface area (Å²) in [6, 6.07) is 5.10. The van der Waals surface area contributed by atoms with Gasteiger partial charge in [-0.2, -0.15) is 0 Å². The van der Waals surface area contributed by atoms with Crippen molar-refractivity contribution in [2.45, 2.75) is 4.90 Å². The molecule has 0 bridgehead atoms. The van der Waals surface area contributed by atoms with Gasteiger partial charge in [0.2, 0.25) is 0 Å². The van der Waals surface area contributed by atoms with Crippen molar-refractivity contribution in [1.29, 1.82) is 0 Å². The molecule has 0 fully saturated rings. The molecule has 1 aromatic rings. The van der Waals surface area contributed by atoms with Crippen LogP contribution in [0.4, 0.5) is 4.39 Å². The van der Waals surface area contributed by atoms with Gasteiger partial charge in [0.15, 0.2) is 0 Å². The summed E-state index contributed by atoms with van der Waals surface area (Å²) < 4.78 is 23.8. The van der Waals surface area contributed by atoms with E-state index < -0.39 is 28.3 Å². The van der Waals surface area contributed by atoms with E-state index in [1.807, 2.05) is 0 Å². The Hall–Kier alpha value is -1.23. The van der Waals surface area contributed by atoms with Crippen LogP contribution in [0.3, 0.4) is 0 Å². The second kappa shape index (κ2) is 4.13. The first-order chi connectivity index (χ1) is 6.09. The normalized spacial score (nSPS) is 12.4. The molecule has 13 heavy (non-hydrogen) atoms. The average molecular weight is 202 g/mol. The molecule has 0 heterocycles. The third-order valence-corrected chi connectivity index (χ3v) is 2.60. The van der Waals surface area contributed by atoms with Crippen LogP contribution < -0.4 is 0 Å². The molecule has 0 aromatic heterocycles. The lowest BCUT2D eigenvalue weighted by atomic mass is 10.4. The van der Waals surface area contributed by atoms with Crippen LogP contribution in [0.25, 0.3) is 0 Å². The molecule has 0 spiro atoms. The van der Waals surface area contributed by atoms with Crippen molar-refractivity contribution < 1.29 is 18.5 Å². The molecule has 0 amide bonds. The summed E-state index contributed by atoms with van der Waals surface area (Å²) in [6.07, 6.45) is 0. The Bertz CT molecular complexity index is 351. The molecular weight excluding hydrogens is 195 g/mol. The van der Waals surface area contributed by atoms with Gasteiger partial charge < -0.3 is 5.11 Å². The first-order valence-corrected chi connectivity index (χ1v) is 4.77. The highest BCUT2D eigenvalue weighted by molar-refractivity contribution is 7.85. The fourth-order valence-electron chi connectivity index (χ4n) is 0.804. The van der Waals surface area contributed by atoms with Gasteiger partial charge in [0.25, 0.3) is 0 Å². The van der Waals surface area contributed by atoms with Crippen molar-refractivity contribution in [2.24, 2.45) is 0 Å². The Kier molecular flexibility index (Phi) is 3.13. The van der Waals surface area contributed by atoms with E-state index in [9.17, 15) is 13.4 Å². The largest absolute Gasteiger partial charge is 0.481 e. The number of carboxylic acid groups (broad SMARTS) is 1. The van der Waals surface area contributed by atoms with Gasteiger partial charge in [-0.15, -0.1) is 0 Å². The summed E-state index contributed by atoms with van der Waals surface area (Å²) in [5, 5.41) is 8.33. The van der Waals surface area contributed by atoms with E-state index >= 15 is 0 Å². The summed E-state index contributed by atoms with van der Waals surface area (Å²) in [5.41, 5.74) is 0. The van der Waals surface area contributed by atoms with Crippen LogP contribution in [0.5, 0.6) is 0 Å². The first-order valence-electron chi connectivity index (χ1n) is 3.45. The molecule has 1 N–H and O–H groups in total. The molecular formula is C8H7FO3S. The molecule has 0 saturated heterocycles. The van der Waals surface area contributed by atoms with Gasteiger partial charge in [-0.05, 0) is 18.2 Å². The van der Waals surface area contributed by atoms with Crippen LogP contribution in [0.2, 0.25) is 0 Å². The summed E-state index contributed by atoms with van der Waals surface area (Å²) in [4.78, 5) is 10.4. The topological polar surface area (TPSA) is 54.4 Å². The lowest BCUT2D eigenvalue weighted by Crippen LogP contribution is -2.09. The van der Waals surface area contributed by atoms with E-state index in [4.69, 9.17) is 5.11 Å². The summed E-state index contributed by atoms with van der Waals surface area (Å²) in [7, 11) is -1.66. The van der Waals surface area contributed by atoms with Crippen LogP contribution in [0.1, 0.15) is 0 Å². The molecule has 5 heteroatoms. The van der Waals surface area contributed by atoms with Crippen LogP contribution in [0.15, 0.2) is 29.2 Å². The minimum absolute atomic E-state index is 0.197. The fourth-order valence-corrected chi connectivity index (χ4v) is 1.67. The summed E-state index contributed by atoms with van der Waals surface area (Å²) in [5.74, 6) is -2.18. The molecule has 0 aliphatic carbocycles. The van der Waals surface area contributed by atoms with Crippen molar-refractivity contribution in [3.05, 3.63) is 30.1 Å². The molecule has 3 nitrogen and oxygen atoms in total. The number of rotatable bonds is 3. The SMILES string of the molecule is O=C(O)CS(=O)c1cccc(F)c1. The van der Waals surface area contributed by atoms with Gasteiger partial charge in [0, 0.05) is 4.90 Å². The first kappa shape index (κ1) is 9.85. The van der Waals surface area contributed by atoms with Gasteiger partial charge in [-0.1, -0.05) is 6.07 Å². The van der Waals surface area contributed by atoms with E-state index in [-0.39, 0.29) is 4.90 Å². The number of halogens is 1. The zero-order chi connectivity index (χ0) is 9.84. The minimum Gasteiger partial charge on any atom is -0.481 e. The Morgan fingerprint density at radius 2 is 2.23 bits per heavy atom. The second-order valence-electron chi connectivity index (χ2n) is 2.34. The average Bonchev–Trinajstić information content (AvgIpc) is 2.03. The van der Waals surface area contributed by atoms with Crippen molar-refractivity contribution in [1.82, 2.24) is 0 Å². The number of carboxylic acids is 1. The van der Waals surface area contributed by atoms with Crippen molar-refractivity contribution in [2.75, 3.05) is 5.75 Å². The van der Waals surface area contributed by atoms with Crippen LogP contribution in [-0.2, 0) is 15.6 Å². The number of hydrogen-bond donors (Lipinski definition) is 1. The maximum atomic E-state index is 12.6. The Morgan fingerprint density at radius 1 is 1.54 bits per heavy atom. The smallest absolute Gasteiger partial charge is 0.316 e. The van der Waals surface area contributed by atoms with Gasteiger partial charge in [-0.25, -0.2) is 4.39 Å². The highest BCUT2D eigenvalue weighted by atomic mass is 32.2. The molecule has 0 aliphatic rings. The molecule has 0 saturated carbocycles. The third kappa shape index (κ3) is 2.95. The van der Waals surface area contributed by atoms with Crippen LogP contribution in [-0.4, -0.2) is 21.0 Å². The number of carbonyl (C=O) groups is 1. The quantitative estimate of drug-likeness (QED) is 0.796. The zero-order valence-corrected chi connectivity index (χ0v) is 7.38. The highest BCUT2D eigenvalue weighted by Gasteiger charge is 2.08. The second-order valence-corrected chi connectivity index (χ2v) is 3.79. The van der Waals surface area contributed by atoms with Crippen molar-refractivity contribution >= 4 is 16.8 Å². The van der Waals surface area contributed by atoms with Gasteiger partial charge >= 0.3 is 5.97 Å². The highest BCUT2D eigenvalue weighted by Crippen LogP contribution is 2.08. The van der Waals surface area contributed by atoms with Crippen molar-refractivity contribution in [3.63, 3.8) is 0 Å². The fraction of sp³-hybridized carbons (Fsp3) is 0.125. The van der Waals surface area contributed by atoms with Crippen LogP contribution >= 0.6 is 0 Å². The number of hydrogen-bond acceptors (Lipinski definition) is 2. The Balaban J connectivity index is 2.83. The molecule has 0 aliphatic heterocycles. The lowest BCUT2D eigenvalue weighted by Gasteiger charge is -1.98. The predicted octanol–water partition coefficient (Wildman–Crippen LogP) is 1.02. The monoisotopic (exact) mass is 202 g/mol. The zero-order valence-electron chi connectivity index (χ0n) is 6.57. The third-order valence-electron chi connectivity index (χ3n) is 1.31. The van der Waals surface area contributed by atoms with E-state index in [0.717, 1.165) is 6.07 Å². The lowest BCUT2D eigenvalue weighted by molar-refractivity contribution is -0.133. The van der Waals surface area contributed by atoms with Crippen LogP contribution in [0, 0.1) is 5.82 Å². The number of benzene rings is 1. The van der Waals surface area contributed by atoms with E-state index in [2.05, 4.69) is 0 Å². The maximum Gasteiger partial charge on any atom is 0.316 e. The summed E-state index contributed by atoms with van der Waals surface area (Å²) in [6.45, 7) is 0. The maximum absolute atomic E-state index is 12.6. The Morgan fingerprint density at radius 3 is 2.77 bits per heavy atom. The Labute approximate surface area is 76.7 Å². The minimum atomic E-state index is -1.66. The molecule has 1 unspecified atom stereocenters. The van der Waals surface area contributed by atoms with Gasteiger partial charge in [-0.3, -0.25) is 9.00 Å². The molecule has 0 radical (unpaired) electrons. The van der Waals surface area contributed by atoms with Gasteiger partial charge in [0.05, 0.1) is 10.8 Å².